The number of amides is 2. The van der Waals surface area contributed by atoms with E-state index in [2.05, 4.69) is 24.5 Å². The van der Waals surface area contributed by atoms with Gasteiger partial charge < -0.3 is 10.6 Å². The Bertz CT molecular complexity index is 645. The maximum atomic E-state index is 11.9. The summed E-state index contributed by atoms with van der Waals surface area (Å²) in [5.74, 6) is -0.731. The summed E-state index contributed by atoms with van der Waals surface area (Å²) in [7, 11) is 0. The predicted molar refractivity (Wildman–Crippen MR) is 85.0 cm³/mol. The average molecular weight is 284 g/mol. The molecular weight excluding hydrogens is 264 g/mol. The summed E-state index contributed by atoms with van der Waals surface area (Å²) in [5, 5.41) is 7.25. The van der Waals surface area contributed by atoms with Crippen LogP contribution >= 0.6 is 0 Å². The van der Waals surface area contributed by atoms with Gasteiger partial charge in [-0.1, -0.05) is 50.2 Å². The molecule has 4 nitrogen and oxygen atoms in total. The molecule has 0 heterocycles. The van der Waals surface area contributed by atoms with Gasteiger partial charge in [-0.3, -0.25) is 9.59 Å². The fourth-order valence-corrected chi connectivity index (χ4v) is 2.07. The van der Waals surface area contributed by atoms with Crippen molar-refractivity contribution in [2.24, 2.45) is 5.92 Å². The van der Waals surface area contributed by atoms with Crippen LogP contribution in [-0.2, 0) is 9.59 Å². The molecule has 0 unspecified atom stereocenters. The molecule has 4 heteroatoms. The Morgan fingerprint density at radius 1 is 1.00 bits per heavy atom. The van der Waals surface area contributed by atoms with Gasteiger partial charge in [-0.2, -0.15) is 0 Å². The molecule has 0 aliphatic carbocycles. The lowest BCUT2D eigenvalue weighted by molar-refractivity contribution is -0.136. The molecule has 0 saturated heterocycles. The molecule has 21 heavy (non-hydrogen) atoms. The summed E-state index contributed by atoms with van der Waals surface area (Å²) in [5.41, 5.74) is 0.650. The van der Waals surface area contributed by atoms with Crippen molar-refractivity contribution in [3.63, 3.8) is 0 Å². The lowest BCUT2D eigenvalue weighted by Crippen LogP contribution is -2.36. The van der Waals surface area contributed by atoms with Gasteiger partial charge in [0.05, 0.1) is 0 Å². The van der Waals surface area contributed by atoms with Gasteiger partial charge in [-0.25, -0.2) is 0 Å². The lowest BCUT2D eigenvalue weighted by atomic mass is 10.1. The molecule has 2 rings (SSSR count). The third kappa shape index (κ3) is 4.05. The van der Waals surface area contributed by atoms with Gasteiger partial charge in [0.2, 0.25) is 0 Å². The van der Waals surface area contributed by atoms with Crippen molar-refractivity contribution in [1.82, 2.24) is 5.32 Å². The largest absolute Gasteiger partial charge is 0.348 e. The van der Waals surface area contributed by atoms with Crippen LogP contribution in [0.25, 0.3) is 10.8 Å². The van der Waals surface area contributed by atoms with Crippen LogP contribution in [0.15, 0.2) is 42.5 Å². The van der Waals surface area contributed by atoms with Crippen molar-refractivity contribution in [2.45, 2.75) is 20.3 Å². The van der Waals surface area contributed by atoms with Crippen LogP contribution in [-0.4, -0.2) is 18.4 Å². The quantitative estimate of drug-likeness (QED) is 0.848. The summed E-state index contributed by atoms with van der Waals surface area (Å²) in [6.45, 7) is 4.66. The Kier molecular flexibility index (Phi) is 4.93. The van der Waals surface area contributed by atoms with Crippen LogP contribution in [0.4, 0.5) is 5.69 Å². The Hall–Kier alpha value is -2.36. The van der Waals surface area contributed by atoms with Crippen LogP contribution < -0.4 is 10.6 Å². The lowest BCUT2D eigenvalue weighted by Gasteiger charge is -2.09. The molecule has 0 saturated carbocycles. The normalized spacial score (nSPS) is 10.6. The molecule has 110 valence electrons. The molecule has 0 spiro atoms. The second-order valence-electron chi connectivity index (χ2n) is 5.42. The van der Waals surface area contributed by atoms with Crippen molar-refractivity contribution in [3.8, 4) is 0 Å². The monoisotopic (exact) mass is 284 g/mol. The molecule has 2 amide bonds. The Labute approximate surface area is 124 Å². The molecule has 0 radical (unpaired) electrons. The first-order valence-electron chi connectivity index (χ1n) is 7.15. The zero-order valence-corrected chi connectivity index (χ0v) is 12.3. The smallest absolute Gasteiger partial charge is 0.313 e. The van der Waals surface area contributed by atoms with E-state index < -0.39 is 11.8 Å². The molecule has 2 N–H and O–H groups in total. The van der Waals surface area contributed by atoms with E-state index in [1.165, 1.54) is 0 Å². The van der Waals surface area contributed by atoms with Gasteiger partial charge in [0.25, 0.3) is 0 Å². The SMILES string of the molecule is CC(C)CCNC(=O)C(=O)Nc1cccc2ccccc12. The van der Waals surface area contributed by atoms with E-state index in [9.17, 15) is 9.59 Å². The standard InChI is InChI=1S/C17H20N2O2/c1-12(2)10-11-18-16(20)17(21)19-15-9-5-7-13-6-3-4-8-14(13)15/h3-9,12H,10-11H2,1-2H3,(H,18,20)(H,19,21). The molecule has 0 aromatic heterocycles. The van der Waals surface area contributed by atoms with Crippen LogP contribution in [0.1, 0.15) is 20.3 Å². The van der Waals surface area contributed by atoms with E-state index in [0.717, 1.165) is 17.2 Å². The highest BCUT2D eigenvalue weighted by Crippen LogP contribution is 2.22. The molecule has 0 aliphatic heterocycles. The van der Waals surface area contributed by atoms with E-state index in [0.29, 0.717) is 18.2 Å². The molecule has 2 aromatic rings. The topological polar surface area (TPSA) is 58.2 Å². The highest BCUT2D eigenvalue weighted by molar-refractivity contribution is 6.40. The van der Waals surface area contributed by atoms with Crippen molar-refractivity contribution in [3.05, 3.63) is 42.5 Å². The van der Waals surface area contributed by atoms with Gasteiger partial charge in [0.15, 0.2) is 0 Å². The number of hydrogen-bond acceptors (Lipinski definition) is 2. The summed E-state index contributed by atoms with van der Waals surface area (Å²) in [4.78, 5) is 23.7. The number of benzene rings is 2. The van der Waals surface area contributed by atoms with E-state index in [-0.39, 0.29) is 0 Å². The minimum atomic E-state index is -0.630. The van der Waals surface area contributed by atoms with Gasteiger partial charge in [-0.05, 0) is 23.8 Å². The minimum Gasteiger partial charge on any atom is -0.348 e. The number of carbonyl (C=O) groups excluding carboxylic acids is 2. The van der Waals surface area contributed by atoms with Crippen molar-refractivity contribution in [1.29, 1.82) is 0 Å². The average Bonchev–Trinajstić information content (AvgIpc) is 2.47. The summed E-state index contributed by atoms with van der Waals surface area (Å²) in [6.07, 6.45) is 0.854. The number of fused-ring (bicyclic) bond motifs is 1. The van der Waals surface area contributed by atoms with Gasteiger partial charge >= 0.3 is 11.8 Å². The molecule has 0 atom stereocenters. The second kappa shape index (κ2) is 6.88. The molecule has 0 aliphatic rings. The predicted octanol–water partition coefficient (Wildman–Crippen LogP) is 2.94. The second-order valence-corrected chi connectivity index (χ2v) is 5.42. The Balaban J connectivity index is 2.03. The van der Waals surface area contributed by atoms with Gasteiger partial charge in [0.1, 0.15) is 0 Å². The Morgan fingerprint density at radius 3 is 2.48 bits per heavy atom. The number of nitrogens with one attached hydrogen (secondary N) is 2. The fraction of sp³-hybridized carbons (Fsp3) is 0.294. The molecule has 0 bridgehead atoms. The van der Waals surface area contributed by atoms with Crippen molar-refractivity contribution < 1.29 is 9.59 Å². The number of rotatable bonds is 4. The zero-order chi connectivity index (χ0) is 15.2. The third-order valence-corrected chi connectivity index (χ3v) is 3.25. The highest BCUT2D eigenvalue weighted by atomic mass is 16.2. The van der Waals surface area contributed by atoms with Crippen molar-refractivity contribution in [2.75, 3.05) is 11.9 Å². The first-order valence-corrected chi connectivity index (χ1v) is 7.15. The molecule has 0 fully saturated rings. The third-order valence-electron chi connectivity index (χ3n) is 3.25. The molecule has 2 aromatic carbocycles. The summed E-state index contributed by atoms with van der Waals surface area (Å²) < 4.78 is 0. The fourth-order valence-electron chi connectivity index (χ4n) is 2.07. The first kappa shape index (κ1) is 15.0. The maximum Gasteiger partial charge on any atom is 0.313 e. The highest BCUT2D eigenvalue weighted by Gasteiger charge is 2.14. The van der Waals surface area contributed by atoms with E-state index in [1.54, 1.807) is 6.07 Å². The van der Waals surface area contributed by atoms with E-state index >= 15 is 0 Å². The molecular formula is C17H20N2O2. The van der Waals surface area contributed by atoms with Gasteiger partial charge in [-0.15, -0.1) is 0 Å². The van der Waals surface area contributed by atoms with Crippen LogP contribution in [0, 0.1) is 5.92 Å². The van der Waals surface area contributed by atoms with Crippen LogP contribution in [0.2, 0.25) is 0 Å². The van der Waals surface area contributed by atoms with E-state index in [4.69, 9.17) is 0 Å². The van der Waals surface area contributed by atoms with E-state index in [1.807, 2.05) is 36.4 Å². The van der Waals surface area contributed by atoms with Gasteiger partial charge in [0, 0.05) is 17.6 Å². The Morgan fingerprint density at radius 2 is 1.71 bits per heavy atom. The number of carbonyl (C=O) groups is 2. The summed E-state index contributed by atoms with van der Waals surface area (Å²) >= 11 is 0. The number of anilines is 1. The zero-order valence-electron chi connectivity index (χ0n) is 12.3. The van der Waals surface area contributed by atoms with Crippen molar-refractivity contribution >= 4 is 28.3 Å². The number of hydrogen-bond donors (Lipinski definition) is 2. The van der Waals surface area contributed by atoms with Crippen LogP contribution in [0.5, 0.6) is 0 Å². The maximum absolute atomic E-state index is 11.9. The minimum absolute atomic E-state index is 0.492. The van der Waals surface area contributed by atoms with Crippen LogP contribution in [0.3, 0.4) is 0 Å². The first-order chi connectivity index (χ1) is 10.1. The summed E-state index contributed by atoms with van der Waals surface area (Å²) in [6, 6.07) is 13.3.